The summed E-state index contributed by atoms with van der Waals surface area (Å²) in [6, 6.07) is 7.82. The maximum absolute atomic E-state index is 10.9. The number of carbonyl (C=O) groups is 1. The highest BCUT2D eigenvalue weighted by molar-refractivity contribution is 5.88. The summed E-state index contributed by atoms with van der Waals surface area (Å²) in [6.45, 7) is 1.63. The van der Waals surface area contributed by atoms with Crippen LogP contribution in [0.2, 0.25) is 0 Å². The number of nitrogens with zero attached hydrogens (tertiary/aromatic N) is 1. The summed E-state index contributed by atoms with van der Waals surface area (Å²) in [5, 5.41) is 12.0. The Morgan fingerprint density at radius 1 is 1.35 bits per heavy atom. The van der Waals surface area contributed by atoms with Crippen LogP contribution < -0.4 is 5.32 Å². The fourth-order valence-electron chi connectivity index (χ4n) is 1.61. The van der Waals surface area contributed by atoms with Gasteiger partial charge in [-0.25, -0.2) is 0 Å². The highest BCUT2D eigenvalue weighted by Gasteiger charge is 2.10. The maximum Gasteiger partial charge on any atom is 0.221 e. The van der Waals surface area contributed by atoms with Crippen molar-refractivity contribution in [2.75, 3.05) is 26.0 Å². The minimum absolute atomic E-state index is 0.0701. The third kappa shape index (κ3) is 4.54. The van der Waals surface area contributed by atoms with Crippen molar-refractivity contribution in [1.82, 2.24) is 4.90 Å². The van der Waals surface area contributed by atoms with Crippen molar-refractivity contribution in [1.29, 1.82) is 0 Å². The topological polar surface area (TPSA) is 52.6 Å². The molecule has 1 aromatic rings. The molecule has 0 aliphatic rings. The lowest BCUT2D eigenvalue weighted by molar-refractivity contribution is -0.114. The van der Waals surface area contributed by atoms with Gasteiger partial charge in [-0.15, -0.1) is 0 Å². The van der Waals surface area contributed by atoms with E-state index in [1.165, 1.54) is 6.92 Å². The van der Waals surface area contributed by atoms with E-state index in [2.05, 4.69) is 5.32 Å². The number of hydrogen-bond donors (Lipinski definition) is 2. The minimum Gasteiger partial charge on any atom is -0.395 e. The molecule has 0 heterocycles. The van der Waals surface area contributed by atoms with Crippen LogP contribution in [0.1, 0.15) is 12.5 Å². The van der Waals surface area contributed by atoms with Gasteiger partial charge < -0.3 is 15.3 Å². The van der Waals surface area contributed by atoms with Gasteiger partial charge in [0.15, 0.2) is 0 Å². The summed E-state index contributed by atoms with van der Waals surface area (Å²) in [7, 11) is 3.90. The number of hydrogen-bond acceptors (Lipinski definition) is 3. The number of anilines is 1. The van der Waals surface area contributed by atoms with E-state index in [9.17, 15) is 9.90 Å². The second-order valence-electron chi connectivity index (χ2n) is 4.38. The molecule has 0 fully saturated rings. The van der Waals surface area contributed by atoms with Crippen LogP contribution in [0.4, 0.5) is 5.69 Å². The number of rotatable bonds is 5. The Bertz CT molecular complexity index is 360. The molecular weight excluding hydrogens is 216 g/mol. The van der Waals surface area contributed by atoms with E-state index in [0.29, 0.717) is 0 Å². The van der Waals surface area contributed by atoms with Crippen LogP contribution in [0.25, 0.3) is 0 Å². The lowest BCUT2D eigenvalue weighted by Crippen LogP contribution is -2.33. The van der Waals surface area contributed by atoms with Crippen LogP contribution in [-0.4, -0.2) is 42.7 Å². The van der Waals surface area contributed by atoms with Gasteiger partial charge >= 0.3 is 0 Å². The predicted octanol–water partition coefficient (Wildman–Crippen LogP) is 1.11. The molecule has 0 bridgehead atoms. The Morgan fingerprint density at radius 3 is 2.35 bits per heavy atom. The zero-order valence-electron chi connectivity index (χ0n) is 10.6. The summed E-state index contributed by atoms with van der Waals surface area (Å²) < 4.78 is 0. The molecule has 0 spiro atoms. The SMILES string of the molecule is CC(=O)Nc1ccc(CC(CO)N(C)C)cc1. The zero-order chi connectivity index (χ0) is 12.8. The molecule has 2 N–H and O–H groups in total. The summed E-state index contributed by atoms with van der Waals surface area (Å²) in [5.41, 5.74) is 1.94. The molecule has 0 aromatic heterocycles. The molecule has 1 amide bonds. The number of aliphatic hydroxyl groups is 1. The molecule has 4 heteroatoms. The first kappa shape index (κ1) is 13.7. The van der Waals surface area contributed by atoms with Crippen molar-refractivity contribution < 1.29 is 9.90 Å². The minimum atomic E-state index is -0.0701. The van der Waals surface area contributed by atoms with Gasteiger partial charge in [-0.1, -0.05) is 12.1 Å². The van der Waals surface area contributed by atoms with E-state index in [1.807, 2.05) is 43.3 Å². The first-order valence-corrected chi connectivity index (χ1v) is 5.66. The fourth-order valence-corrected chi connectivity index (χ4v) is 1.61. The Balaban J connectivity index is 2.64. The van der Waals surface area contributed by atoms with E-state index in [1.54, 1.807) is 0 Å². The number of likely N-dealkylation sites (N-methyl/N-ethyl adjacent to an activating group) is 1. The Hall–Kier alpha value is -1.39. The van der Waals surface area contributed by atoms with Gasteiger partial charge in [-0.2, -0.15) is 0 Å². The first-order valence-electron chi connectivity index (χ1n) is 5.66. The van der Waals surface area contributed by atoms with E-state index < -0.39 is 0 Å². The van der Waals surface area contributed by atoms with Gasteiger partial charge in [0.25, 0.3) is 0 Å². The second-order valence-corrected chi connectivity index (χ2v) is 4.38. The predicted molar refractivity (Wildman–Crippen MR) is 69.0 cm³/mol. The van der Waals surface area contributed by atoms with Crippen molar-refractivity contribution >= 4 is 11.6 Å². The van der Waals surface area contributed by atoms with Crippen LogP contribution in [0.3, 0.4) is 0 Å². The third-order valence-corrected chi connectivity index (χ3v) is 2.69. The molecule has 1 aromatic carbocycles. The quantitative estimate of drug-likeness (QED) is 0.805. The van der Waals surface area contributed by atoms with Gasteiger partial charge in [0, 0.05) is 18.7 Å². The highest BCUT2D eigenvalue weighted by Crippen LogP contribution is 2.12. The van der Waals surface area contributed by atoms with Crippen LogP contribution >= 0.6 is 0 Å². The largest absolute Gasteiger partial charge is 0.395 e. The molecule has 1 unspecified atom stereocenters. The van der Waals surface area contributed by atoms with E-state index in [-0.39, 0.29) is 18.6 Å². The molecule has 94 valence electrons. The number of benzene rings is 1. The number of nitrogens with one attached hydrogen (secondary N) is 1. The molecular formula is C13H20N2O2. The van der Waals surface area contributed by atoms with Crippen LogP contribution in [0.5, 0.6) is 0 Å². The summed E-state index contributed by atoms with van der Waals surface area (Å²) >= 11 is 0. The monoisotopic (exact) mass is 236 g/mol. The molecule has 0 aliphatic carbocycles. The van der Waals surface area contributed by atoms with Crippen molar-refractivity contribution in [3.63, 3.8) is 0 Å². The highest BCUT2D eigenvalue weighted by atomic mass is 16.3. The van der Waals surface area contributed by atoms with Crippen molar-refractivity contribution in [2.24, 2.45) is 0 Å². The third-order valence-electron chi connectivity index (χ3n) is 2.69. The van der Waals surface area contributed by atoms with Crippen molar-refractivity contribution in [3.8, 4) is 0 Å². The molecule has 17 heavy (non-hydrogen) atoms. The fraction of sp³-hybridized carbons (Fsp3) is 0.462. The van der Waals surface area contributed by atoms with Gasteiger partial charge in [-0.05, 0) is 38.2 Å². The van der Waals surface area contributed by atoms with Crippen LogP contribution in [0.15, 0.2) is 24.3 Å². The number of aliphatic hydroxyl groups excluding tert-OH is 1. The summed E-state index contributed by atoms with van der Waals surface area (Å²) in [6.07, 6.45) is 0.795. The Kier molecular flexibility index (Phi) is 5.12. The zero-order valence-corrected chi connectivity index (χ0v) is 10.6. The van der Waals surface area contributed by atoms with Crippen LogP contribution in [-0.2, 0) is 11.2 Å². The summed E-state index contributed by atoms with van der Waals surface area (Å²) in [5.74, 6) is -0.0701. The average molecular weight is 236 g/mol. The van der Waals surface area contributed by atoms with E-state index in [0.717, 1.165) is 17.7 Å². The smallest absolute Gasteiger partial charge is 0.221 e. The summed E-state index contributed by atoms with van der Waals surface area (Å²) in [4.78, 5) is 12.9. The molecule has 0 saturated carbocycles. The van der Waals surface area contributed by atoms with Gasteiger partial charge in [0.05, 0.1) is 6.61 Å². The Labute approximate surface area is 102 Å². The van der Waals surface area contributed by atoms with Gasteiger partial charge in [0.1, 0.15) is 0 Å². The molecule has 4 nitrogen and oxygen atoms in total. The van der Waals surface area contributed by atoms with Crippen LogP contribution in [0, 0.1) is 0 Å². The van der Waals surface area contributed by atoms with E-state index >= 15 is 0 Å². The molecule has 1 rings (SSSR count). The average Bonchev–Trinajstić information content (AvgIpc) is 2.26. The standard InChI is InChI=1S/C13H20N2O2/c1-10(17)14-12-6-4-11(5-7-12)8-13(9-16)15(2)3/h4-7,13,16H,8-9H2,1-3H3,(H,14,17). The van der Waals surface area contributed by atoms with Gasteiger partial charge in [0.2, 0.25) is 5.91 Å². The lowest BCUT2D eigenvalue weighted by Gasteiger charge is -2.22. The van der Waals surface area contributed by atoms with Crippen molar-refractivity contribution in [3.05, 3.63) is 29.8 Å². The molecule has 1 atom stereocenters. The maximum atomic E-state index is 10.9. The first-order chi connectivity index (χ1) is 8.02. The van der Waals surface area contributed by atoms with Gasteiger partial charge in [-0.3, -0.25) is 4.79 Å². The number of amides is 1. The Morgan fingerprint density at radius 2 is 1.94 bits per heavy atom. The molecule has 0 saturated heterocycles. The van der Waals surface area contributed by atoms with Crippen molar-refractivity contribution in [2.45, 2.75) is 19.4 Å². The second kappa shape index (κ2) is 6.37. The number of carbonyl (C=O) groups excluding carboxylic acids is 1. The lowest BCUT2D eigenvalue weighted by atomic mass is 10.1. The molecule has 0 radical (unpaired) electrons. The molecule has 0 aliphatic heterocycles. The normalized spacial score (nSPS) is 12.5. The van der Waals surface area contributed by atoms with E-state index in [4.69, 9.17) is 0 Å².